The third-order valence-electron chi connectivity index (χ3n) is 8.20. The molecule has 0 spiro atoms. The first kappa shape index (κ1) is 31.7. The van der Waals surface area contributed by atoms with Gasteiger partial charge >= 0.3 is 12.3 Å². The number of rotatable bonds is 7. The van der Waals surface area contributed by atoms with Gasteiger partial charge in [-0.05, 0) is 60.6 Å². The van der Waals surface area contributed by atoms with Crippen molar-refractivity contribution in [3.8, 4) is 11.1 Å². The van der Waals surface area contributed by atoms with E-state index in [1.165, 1.54) is 59.7 Å². The van der Waals surface area contributed by atoms with Crippen LogP contribution >= 0.6 is 22.9 Å². The minimum Gasteiger partial charge on any atom is -0.465 e. The molecule has 4 aromatic rings. The number of nitrogens with zero attached hydrogens (tertiary/aromatic N) is 2. The molecular weight excluding hydrogens is 620 g/mol. The van der Waals surface area contributed by atoms with Crippen molar-refractivity contribution >= 4 is 45.0 Å². The molecule has 1 aliphatic rings. The van der Waals surface area contributed by atoms with E-state index in [9.17, 15) is 33.0 Å². The van der Waals surface area contributed by atoms with Crippen molar-refractivity contribution in [3.63, 3.8) is 0 Å². The molecule has 3 aromatic carbocycles. The van der Waals surface area contributed by atoms with Gasteiger partial charge in [-0.2, -0.15) is 13.2 Å². The molecule has 1 atom stereocenters. The number of hydrogen-bond donors (Lipinski definition) is 2. The minimum absolute atomic E-state index is 0.0992. The Hall–Kier alpha value is -3.67. The summed E-state index contributed by atoms with van der Waals surface area (Å²) in [5.74, 6) is -0.918. The molecule has 0 bridgehead atoms. The van der Waals surface area contributed by atoms with Crippen LogP contribution in [0.2, 0.25) is 5.02 Å². The van der Waals surface area contributed by atoms with Gasteiger partial charge in [0.2, 0.25) is 0 Å². The number of carbonyl (C=O) groups excluding carboxylic acids is 1. The standard InChI is InChI=1S/C32H29ClF4N2O4S/c1-38(31(42)43)22-11-13-23(14-12-22)39(30(41)28-27(33)24-4-2-3-5-26(24)44-28)17-21-16-20(10-15-25(21)34)18-6-8-19(9-7-18)29(40)32(35,36)37/h2-10,15-16,22-23,29,40H,11-14,17H2,1H3,(H,42,43). The predicted octanol–water partition coefficient (Wildman–Crippen LogP) is 8.52. The molecule has 232 valence electrons. The van der Waals surface area contributed by atoms with Gasteiger partial charge < -0.3 is 20.0 Å². The Kier molecular flexibility index (Phi) is 9.20. The van der Waals surface area contributed by atoms with Crippen LogP contribution < -0.4 is 0 Å². The zero-order valence-electron chi connectivity index (χ0n) is 23.5. The van der Waals surface area contributed by atoms with Crippen molar-refractivity contribution in [1.29, 1.82) is 0 Å². The van der Waals surface area contributed by atoms with Crippen LogP contribution in [-0.2, 0) is 6.54 Å². The lowest BCUT2D eigenvalue weighted by Crippen LogP contribution is -2.46. The van der Waals surface area contributed by atoms with Crippen LogP contribution in [0.1, 0.15) is 52.6 Å². The molecule has 44 heavy (non-hydrogen) atoms. The number of benzene rings is 3. The highest BCUT2D eigenvalue weighted by Crippen LogP contribution is 2.38. The second kappa shape index (κ2) is 12.7. The number of amides is 2. The van der Waals surface area contributed by atoms with E-state index in [1.807, 2.05) is 24.3 Å². The maximum Gasteiger partial charge on any atom is 0.418 e. The first-order valence-electron chi connectivity index (χ1n) is 13.9. The highest BCUT2D eigenvalue weighted by atomic mass is 35.5. The molecule has 1 aromatic heterocycles. The van der Waals surface area contributed by atoms with Crippen molar-refractivity contribution < 1.29 is 37.4 Å². The Labute approximate surface area is 260 Å². The predicted molar refractivity (Wildman–Crippen MR) is 161 cm³/mol. The Bertz CT molecular complexity index is 1670. The highest BCUT2D eigenvalue weighted by molar-refractivity contribution is 7.21. The molecule has 5 rings (SSSR count). The Morgan fingerprint density at radius 2 is 1.59 bits per heavy atom. The number of aliphatic hydroxyl groups excluding tert-OH is 1. The summed E-state index contributed by atoms with van der Waals surface area (Å²) >= 11 is 7.92. The molecule has 1 heterocycles. The molecule has 0 saturated heterocycles. The van der Waals surface area contributed by atoms with E-state index in [2.05, 4.69) is 0 Å². The Balaban J connectivity index is 1.46. The summed E-state index contributed by atoms with van der Waals surface area (Å²) in [6.07, 6.45) is -6.40. The summed E-state index contributed by atoms with van der Waals surface area (Å²) in [7, 11) is 1.52. The molecule has 2 N–H and O–H groups in total. The quantitative estimate of drug-likeness (QED) is 0.197. The molecule has 2 amide bonds. The van der Waals surface area contributed by atoms with E-state index in [0.29, 0.717) is 46.7 Å². The highest BCUT2D eigenvalue weighted by Gasteiger charge is 2.39. The number of alkyl halides is 3. The lowest BCUT2D eigenvalue weighted by molar-refractivity contribution is -0.206. The SMILES string of the molecule is CN(C(=O)O)C1CCC(N(Cc2cc(-c3ccc(C(O)C(F)(F)F)cc3)ccc2F)C(=O)c2sc3ccccc3c2Cl)CC1. The van der Waals surface area contributed by atoms with Gasteiger partial charge in [0.1, 0.15) is 10.7 Å². The van der Waals surface area contributed by atoms with E-state index in [0.717, 1.165) is 10.1 Å². The lowest BCUT2D eigenvalue weighted by Gasteiger charge is -2.39. The number of carboxylic acid groups (broad SMARTS) is 1. The van der Waals surface area contributed by atoms with Crippen LogP contribution in [0, 0.1) is 5.82 Å². The first-order valence-corrected chi connectivity index (χ1v) is 15.1. The maximum absolute atomic E-state index is 15.3. The van der Waals surface area contributed by atoms with Crippen LogP contribution in [0.25, 0.3) is 21.2 Å². The zero-order valence-corrected chi connectivity index (χ0v) is 25.1. The van der Waals surface area contributed by atoms with Gasteiger partial charge in [0.15, 0.2) is 6.10 Å². The molecule has 6 nitrogen and oxygen atoms in total. The number of thiophene rings is 1. The van der Waals surface area contributed by atoms with Gasteiger partial charge in [0.05, 0.1) is 5.02 Å². The maximum atomic E-state index is 15.3. The number of aliphatic hydroxyl groups is 1. The summed E-state index contributed by atoms with van der Waals surface area (Å²) < 4.78 is 54.9. The molecule has 0 radical (unpaired) electrons. The summed E-state index contributed by atoms with van der Waals surface area (Å²) in [6, 6.07) is 16.3. The molecule has 12 heteroatoms. The van der Waals surface area contributed by atoms with Crippen molar-refractivity contribution in [2.75, 3.05) is 7.05 Å². The topological polar surface area (TPSA) is 81.1 Å². The van der Waals surface area contributed by atoms with Crippen molar-refractivity contribution in [2.45, 2.75) is 56.6 Å². The Morgan fingerprint density at radius 3 is 2.20 bits per heavy atom. The number of fused-ring (bicyclic) bond motifs is 1. The Morgan fingerprint density at radius 1 is 0.977 bits per heavy atom. The van der Waals surface area contributed by atoms with E-state index in [1.54, 1.807) is 11.0 Å². The van der Waals surface area contributed by atoms with Gasteiger partial charge in [-0.25, -0.2) is 9.18 Å². The minimum atomic E-state index is -4.81. The van der Waals surface area contributed by atoms with E-state index in [4.69, 9.17) is 11.6 Å². The normalized spacial score (nSPS) is 17.8. The zero-order chi connectivity index (χ0) is 31.8. The van der Waals surface area contributed by atoms with E-state index >= 15 is 4.39 Å². The van der Waals surface area contributed by atoms with Gasteiger partial charge in [0.25, 0.3) is 5.91 Å². The van der Waals surface area contributed by atoms with Gasteiger partial charge in [-0.3, -0.25) is 4.79 Å². The van der Waals surface area contributed by atoms with Crippen LogP contribution in [0.3, 0.4) is 0 Å². The van der Waals surface area contributed by atoms with Gasteiger partial charge in [0, 0.05) is 41.3 Å². The third kappa shape index (κ3) is 6.55. The fourth-order valence-electron chi connectivity index (χ4n) is 5.67. The second-order valence-corrected chi connectivity index (χ2v) is 12.3. The summed E-state index contributed by atoms with van der Waals surface area (Å²) in [5, 5.41) is 20.0. The molecule has 1 fully saturated rings. The lowest BCUT2D eigenvalue weighted by atomic mass is 9.89. The van der Waals surface area contributed by atoms with Crippen LogP contribution in [0.15, 0.2) is 66.7 Å². The van der Waals surface area contributed by atoms with E-state index in [-0.39, 0.29) is 35.7 Å². The average molecular weight is 649 g/mol. The number of hydrogen-bond acceptors (Lipinski definition) is 4. The second-order valence-electron chi connectivity index (χ2n) is 10.9. The van der Waals surface area contributed by atoms with Crippen LogP contribution in [0.5, 0.6) is 0 Å². The molecular formula is C32H29ClF4N2O4S. The fourth-order valence-corrected chi connectivity index (χ4v) is 7.14. The average Bonchev–Trinajstić information content (AvgIpc) is 3.35. The molecule has 1 saturated carbocycles. The number of carbonyl (C=O) groups is 2. The van der Waals surface area contributed by atoms with Crippen LogP contribution in [0.4, 0.5) is 22.4 Å². The molecule has 1 unspecified atom stereocenters. The summed E-state index contributed by atoms with van der Waals surface area (Å²) in [5.41, 5.74) is 0.919. The van der Waals surface area contributed by atoms with Gasteiger partial charge in [-0.1, -0.05) is 60.1 Å². The van der Waals surface area contributed by atoms with E-state index < -0.39 is 24.2 Å². The summed E-state index contributed by atoms with van der Waals surface area (Å²) in [4.78, 5) is 28.8. The van der Waals surface area contributed by atoms with Crippen molar-refractivity contribution in [3.05, 3.63) is 93.6 Å². The smallest absolute Gasteiger partial charge is 0.418 e. The molecule has 1 aliphatic carbocycles. The monoisotopic (exact) mass is 648 g/mol. The first-order chi connectivity index (χ1) is 20.8. The number of halogens is 5. The molecule has 0 aliphatic heterocycles. The largest absolute Gasteiger partial charge is 0.465 e. The summed E-state index contributed by atoms with van der Waals surface area (Å²) in [6.45, 7) is -0.0992. The van der Waals surface area contributed by atoms with Gasteiger partial charge in [-0.15, -0.1) is 11.3 Å². The van der Waals surface area contributed by atoms with Crippen molar-refractivity contribution in [2.24, 2.45) is 0 Å². The fraction of sp³-hybridized carbons (Fsp3) is 0.312. The van der Waals surface area contributed by atoms with Crippen molar-refractivity contribution in [1.82, 2.24) is 9.80 Å². The third-order valence-corrected chi connectivity index (χ3v) is 9.87. The van der Waals surface area contributed by atoms with Crippen LogP contribution in [-0.4, -0.2) is 57.3 Å².